The molecule has 0 unspecified atom stereocenters. The third kappa shape index (κ3) is 1.74. The predicted molar refractivity (Wildman–Crippen MR) is 54.9 cm³/mol. The fraction of sp³-hybridized carbons (Fsp3) is 0.0909. The van der Waals surface area contributed by atoms with Crippen LogP contribution in [-0.4, -0.2) is 22.6 Å². The molecule has 0 fully saturated rings. The maximum Gasteiger partial charge on any atom is 0.339 e. The first-order valence-electron chi connectivity index (χ1n) is 4.48. The lowest BCUT2D eigenvalue weighted by atomic mass is 10.2. The van der Waals surface area contributed by atoms with Gasteiger partial charge in [-0.1, -0.05) is 12.1 Å². The van der Waals surface area contributed by atoms with Gasteiger partial charge in [-0.2, -0.15) is 0 Å². The summed E-state index contributed by atoms with van der Waals surface area (Å²) in [5.41, 5.74) is 1.29. The Bertz CT molecular complexity index is 463. The Labute approximate surface area is 87.1 Å². The second kappa shape index (κ2) is 3.96. The summed E-state index contributed by atoms with van der Waals surface area (Å²) in [5, 5.41) is 0. The van der Waals surface area contributed by atoms with E-state index in [0.29, 0.717) is 5.56 Å². The van der Waals surface area contributed by atoms with Crippen LogP contribution >= 0.6 is 0 Å². The third-order valence-corrected chi connectivity index (χ3v) is 2.09. The highest BCUT2D eigenvalue weighted by molar-refractivity contribution is 5.93. The van der Waals surface area contributed by atoms with E-state index in [-0.39, 0.29) is 5.97 Å². The second-order valence-electron chi connectivity index (χ2n) is 2.98. The van der Waals surface area contributed by atoms with Crippen LogP contribution in [0.1, 0.15) is 10.4 Å². The van der Waals surface area contributed by atoms with Crippen molar-refractivity contribution < 1.29 is 9.53 Å². The van der Waals surface area contributed by atoms with Gasteiger partial charge in [-0.05, 0) is 12.1 Å². The van der Waals surface area contributed by atoms with Gasteiger partial charge in [0, 0.05) is 12.4 Å². The summed E-state index contributed by atoms with van der Waals surface area (Å²) in [4.78, 5) is 15.4. The Kier molecular flexibility index (Phi) is 2.49. The van der Waals surface area contributed by atoms with Crippen molar-refractivity contribution in [3.63, 3.8) is 0 Å². The van der Waals surface area contributed by atoms with Gasteiger partial charge in [0.2, 0.25) is 0 Å². The van der Waals surface area contributed by atoms with Gasteiger partial charge in [0.1, 0.15) is 0 Å². The van der Waals surface area contributed by atoms with E-state index < -0.39 is 0 Å². The van der Waals surface area contributed by atoms with Crippen molar-refractivity contribution in [2.75, 3.05) is 7.11 Å². The Morgan fingerprint density at radius 1 is 1.40 bits per heavy atom. The quantitative estimate of drug-likeness (QED) is 0.695. The molecule has 4 nitrogen and oxygen atoms in total. The van der Waals surface area contributed by atoms with Crippen LogP contribution in [0.25, 0.3) is 5.69 Å². The molecule has 1 aromatic carbocycles. The van der Waals surface area contributed by atoms with Crippen molar-refractivity contribution in [2.45, 2.75) is 0 Å². The zero-order valence-electron chi connectivity index (χ0n) is 8.25. The molecule has 0 aliphatic rings. The number of nitrogens with zero attached hydrogens (tertiary/aromatic N) is 2. The minimum atomic E-state index is -0.348. The largest absolute Gasteiger partial charge is 0.465 e. The molecule has 0 saturated heterocycles. The minimum Gasteiger partial charge on any atom is -0.465 e. The van der Waals surface area contributed by atoms with Crippen molar-refractivity contribution in [2.24, 2.45) is 0 Å². The van der Waals surface area contributed by atoms with Crippen LogP contribution in [0.5, 0.6) is 0 Å². The van der Waals surface area contributed by atoms with Crippen LogP contribution in [0.15, 0.2) is 43.0 Å². The van der Waals surface area contributed by atoms with E-state index in [1.807, 2.05) is 12.1 Å². The summed E-state index contributed by atoms with van der Waals surface area (Å²) in [5.74, 6) is -0.348. The van der Waals surface area contributed by atoms with E-state index in [9.17, 15) is 4.79 Å². The highest BCUT2D eigenvalue weighted by Crippen LogP contribution is 2.14. The Hall–Kier alpha value is -2.10. The van der Waals surface area contributed by atoms with E-state index in [4.69, 9.17) is 4.74 Å². The monoisotopic (exact) mass is 202 g/mol. The number of carbonyl (C=O) groups excluding carboxylic acids is 1. The highest BCUT2D eigenvalue weighted by Gasteiger charge is 2.11. The van der Waals surface area contributed by atoms with E-state index in [1.165, 1.54) is 7.11 Å². The fourth-order valence-corrected chi connectivity index (χ4v) is 1.38. The van der Waals surface area contributed by atoms with Crippen molar-refractivity contribution >= 4 is 5.97 Å². The highest BCUT2D eigenvalue weighted by atomic mass is 16.5. The molecule has 0 spiro atoms. The number of carbonyl (C=O) groups is 1. The van der Waals surface area contributed by atoms with Gasteiger partial charge in [-0.3, -0.25) is 0 Å². The lowest BCUT2D eigenvalue weighted by Crippen LogP contribution is -2.06. The lowest BCUT2D eigenvalue weighted by molar-refractivity contribution is 0.0601. The van der Waals surface area contributed by atoms with Crippen LogP contribution in [0.2, 0.25) is 0 Å². The Balaban J connectivity index is 2.52. The fourth-order valence-electron chi connectivity index (χ4n) is 1.38. The van der Waals surface area contributed by atoms with Crippen molar-refractivity contribution in [1.82, 2.24) is 9.55 Å². The number of methoxy groups -OCH3 is 1. The maximum absolute atomic E-state index is 11.5. The van der Waals surface area contributed by atoms with E-state index in [1.54, 1.807) is 35.4 Å². The molecule has 76 valence electrons. The van der Waals surface area contributed by atoms with Crippen LogP contribution in [0.4, 0.5) is 0 Å². The third-order valence-electron chi connectivity index (χ3n) is 2.09. The lowest BCUT2D eigenvalue weighted by Gasteiger charge is -2.07. The molecule has 4 heteroatoms. The number of imidazole rings is 1. The van der Waals surface area contributed by atoms with Gasteiger partial charge in [0.15, 0.2) is 0 Å². The summed E-state index contributed by atoms with van der Waals surface area (Å²) in [6.45, 7) is 0. The number of para-hydroxylation sites is 1. The van der Waals surface area contributed by atoms with Crippen LogP contribution in [0, 0.1) is 0 Å². The first-order chi connectivity index (χ1) is 7.33. The zero-order chi connectivity index (χ0) is 10.7. The number of esters is 1. The zero-order valence-corrected chi connectivity index (χ0v) is 8.25. The van der Waals surface area contributed by atoms with Gasteiger partial charge >= 0.3 is 5.97 Å². The predicted octanol–water partition coefficient (Wildman–Crippen LogP) is 1.66. The topological polar surface area (TPSA) is 44.1 Å². The van der Waals surface area contributed by atoms with Crippen molar-refractivity contribution in [1.29, 1.82) is 0 Å². The smallest absolute Gasteiger partial charge is 0.339 e. The summed E-state index contributed by atoms with van der Waals surface area (Å²) in [6, 6.07) is 7.23. The number of aromatic nitrogens is 2. The molecule has 2 rings (SSSR count). The van der Waals surface area contributed by atoms with Gasteiger partial charge < -0.3 is 9.30 Å². The van der Waals surface area contributed by atoms with Gasteiger partial charge in [0.25, 0.3) is 0 Å². The van der Waals surface area contributed by atoms with E-state index >= 15 is 0 Å². The molecule has 15 heavy (non-hydrogen) atoms. The average molecular weight is 202 g/mol. The molecule has 0 atom stereocenters. The Morgan fingerprint density at radius 3 is 2.87 bits per heavy atom. The molecule has 0 aliphatic heterocycles. The molecular weight excluding hydrogens is 192 g/mol. The minimum absolute atomic E-state index is 0.348. The molecule has 1 heterocycles. The van der Waals surface area contributed by atoms with Gasteiger partial charge in [-0.15, -0.1) is 0 Å². The number of benzene rings is 1. The van der Waals surface area contributed by atoms with Crippen molar-refractivity contribution in [3.05, 3.63) is 48.5 Å². The van der Waals surface area contributed by atoms with Crippen LogP contribution in [-0.2, 0) is 4.74 Å². The molecule has 0 amide bonds. The molecule has 0 bridgehead atoms. The van der Waals surface area contributed by atoms with Gasteiger partial charge in [0.05, 0.1) is 24.7 Å². The maximum atomic E-state index is 11.5. The van der Waals surface area contributed by atoms with E-state index in [2.05, 4.69) is 4.98 Å². The van der Waals surface area contributed by atoms with Crippen LogP contribution < -0.4 is 0 Å². The SMILES string of the molecule is COC(=O)c1ccccc1-n1ccnc1. The average Bonchev–Trinajstić information content (AvgIpc) is 2.81. The van der Waals surface area contributed by atoms with Crippen LogP contribution in [0.3, 0.4) is 0 Å². The second-order valence-corrected chi connectivity index (χ2v) is 2.98. The van der Waals surface area contributed by atoms with E-state index in [0.717, 1.165) is 5.69 Å². The van der Waals surface area contributed by atoms with Gasteiger partial charge in [-0.25, -0.2) is 9.78 Å². The Morgan fingerprint density at radius 2 is 2.20 bits per heavy atom. The summed E-state index contributed by atoms with van der Waals surface area (Å²) < 4.78 is 6.47. The summed E-state index contributed by atoms with van der Waals surface area (Å²) in [6.07, 6.45) is 5.08. The standard InChI is InChI=1S/C11H10N2O2/c1-15-11(14)9-4-2-3-5-10(9)13-7-6-12-8-13/h2-8H,1H3. The molecule has 2 aromatic rings. The molecule has 0 saturated carbocycles. The van der Waals surface area contributed by atoms with Crippen molar-refractivity contribution in [3.8, 4) is 5.69 Å². The molecular formula is C11H10N2O2. The number of ether oxygens (including phenoxy) is 1. The summed E-state index contributed by atoms with van der Waals surface area (Å²) in [7, 11) is 1.37. The normalized spacial score (nSPS) is 9.93. The molecule has 0 N–H and O–H groups in total. The first-order valence-corrected chi connectivity index (χ1v) is 4.48. The molecule has 1 aromatic heterocycles. The number of rotatable bonds is 2. The first kappa shape index (κ1) is 9.45. The molecule has 0 radical (unpaired) electrons. The number of hydrogen-bond acceptors (Lipinski definition) is 3. The number of hydrogen-bond donors (Lipinski definition) is 0. The summed E-state index contributed by atoms with van der Waals surface area (Å²) >= 11 is 0. The molecule has 0 aliphatic carbocycles.